The van der Waals surface area contributed by atoms with Gasteiger partial charge < -0.3 is 9.72 Å². The Bertz CT molecular complexity index is 1190. The lowest BCUT2D eigenvalue weighted by atomic mass is 9.91. The fourth-order valence-corrected chi connectivity index (χ4v) is 3.97. The quantitative estimate of drug-likeness (QED) is 0.264. The van der Waals surface area contributed by atoms with Crippen molar-refractivity contribution in [2.45, 2.75) is 12.5 Å². The van der Waals surface area contributed by atoms with Crippen molar-refractivity contribution in [1.82, 2.24) is 4.98 Å². The SMILES string of the molecule is O=[N+]([O-])C[C@@H](c1ccc(OCc2ccc(Cl)cc2Cl)cc1)c1c[nH]c2ccccc12. The number of benzene rings is 3. The van der Waals surface area contributed by atoms with Gasteiger partial charge >= 0.3 is 0 Å². The summed E-state index contributed by atoms with van der Waals surface area (Å²) in [7, 11) is 0. The summed E-state index contributed by atoms with van der Waals surface area (Å²) >= 11 is 12.1. The van der Waals surface area contributed by atoms with Crippen molar-refractivity contribution < 1.29 is 9.66 Å². The Morgan fingerprint density at radius 3 is 2.53 bits per heavy atom. The highest BCUT2D eigenvalue weighted by molar-refractivity contribution is 6.35. The highest BCUT2D eigenvalue weighted by Crippen LogP contribution is 2.32. The number of aromatic nitrogens is 1. The molecule has 0 aliphatic heterocycles. The molecule has 0 amide bonds. The predicted molar refractivity (Wildman–Crippen MR) is 119 cm³/mol. The number of fused-ring (bicyclic) bond motifs is 1. The highest BCUT2D eigenvalue weighted by atomic mass is 35.5. The first kappa shape index (κ1) is 20.3. The lowest BCUT2D eigenvalue weighted by molar-refractivity contribution is -0.481. The van der Waals surface area contributed by atoms with Crippen molar-refractivity contribution in [3.8, 4) is 5.75 Å². The summed E-state index contributed by atoms with van der Waals surface area (Å²) in [5.74, 6) is 0.291. The number of nitrogens with zero attached hydrogens (tertiary/aromatic N) is 1. The lowest BCUT2D eigenvalue weighted by Crippen LogP contribution is -2.13. The number of hydrogen-bond donors (Lipinski definition) is 1. The summed E-state index contributed by atoms with van der Waals surface area (Å²) in [4.78, 5) is 14.3. The monoisotopic (exact) mass is 440 g/mol. The molecule has 0 unspecified atom stereocenters. The van der Waals surface area contributed by atoms with E-state index in [1.165, 1.54) is 0 Å². The molecule has 1 heterocycles. The minimum Gasteiger partial charge on any atom is -0.489 e. The third-order valence-electron chi connectivity index (χ3n) is 5.02. The van der Waals surface area contributed by atoms with Crippen LogP contribution in [0.15, 0.2) is 72.9 Å². The zero-order valence-corrected chi connectivity index (χ0v) is 17.4. The second-order valence-electron chi connectivity index (χ2n) is 6.95. The fourth-order valence-electron chi connectivity index (χ4n) is 3.51. The Morgan fingerprint density at radius 2 is 1.80 bits per heavy atom. The molecule has 0 aliphatic rings. The average Bonchev–Trinajstić information content (AvgIpc) is 3.16. The molecule has 0 saturated heterocycles. The third-order valence-corrected chi connectivity index (χ3v) is 5.61. The van der Waals surface area contributed by atoms with Crippen LogP contribution in [0.5, 0.6) is 5.75 Å². The van der Waals surface area contributed by atoms with Crippen molar-refractivity contribution in [1.29, 1.82) is 0 Å². The van der Waals surface area contributed by atoms with E-state index >= 15 is 0 Å². The van der Waals surface area contributed by atoms with E-state index in [1.54, 1.807) is 12.1 Å². The minimum absolute atomic E-state index is 0.192. The summed E-state index contributed by atoms with van der Waals surface area (Å²) in [6.07, 6.45) is 1.85. The van der Waals surface area contributed by atoms with Crippen LogP contribution in [-0.2, 0) is 6.61 Å². The van der Waals surface area contributed by atoms with Gasteiger partial charge in [0.25, 0.3) is 0 Å². The lowest BCUT2D eigenvalue weighted by Gasteiger charge is -2.14. The first-order valence-corrected chi connectivity index (χ1v) is 10.1. The van der Waals surface area contributed by atoms with Gasteiger partial charge in [0.05, 0.1) is 5.92 Å². The molecule has 4 rings (SSSR count). The predicted octanol–water partition coefficient (Wildman–Crippen LogP) is 6.46. The normalized spacial score (nSPS) is 12.1. The van der Waals surface area contributed by atoms with E-state index in [1.807, 2.05) is 60.8 Å². The number of aromatic amines is 1. The second-order valence-corrected chi connectivity index (χ2v) is 7.79. The van der Waals surface area contributed by atoms with E-state index in [-0.39, 0.29) is 17.4 Å². The van der Waals surface area contributed by atoms with Crippen molar-refractivity contribution >= 4 is 34.1 Å². The molecule has 7 heteroatoms. The maximum absolute atomic E-state index is 11.3. The van der Waals surface area contributed by atoms with E-state index in [0.29, 0.717) is 22.4 Å². The van der Waals surface area contributed by atoms with Crippen molar-refractivity contribution in [3.63, 3.8) is 0 Å². The van der Waals surface area contributed by atoms with E-state index in [9.17, 15) is 10.1 Å². The summed E-state index contributed by atoms with van der Waals surface area (Å²) in [6.45, 7) is 0.110. The van der Waals surface area contributed by atoms with Crippen LogP contribution in [0.25, 0.3) is 10.9 Å². The molecule has 0 saturated carbocycles. The molecular weight excluding hydrogens is 423 g/mol. The molecule has 1 aromatic heterocycles. The van der Waals surface area contributed by atoms with Crippen LogP contribution in [-0.4, -0.2) is 16.5 Å². The Kier molecular flexibility index (Phi) is 5.93. The maximum Gasteiger partial charge on any atom is 0.214 e. The van der Waals surface area contributed by atoms with E-state index < -0.39 is 0 Å². The zero-order valence-electron chi connectivity index (χ0n) is 15.8. The number of halogens is 2. The van der Waals surface area contributed by atoms with E-state index in [2.05, 4.69) is 4.98 Å². The van der Waals surface area contributed by atoms with Gasteiger partial charge in [-0.25, -0.2) is 0 Å². The number of rotatable bonds is 7. The van der Waals surface area contributed by atoms with Gasteiger partial charge in [-0.1, -0.05) is 59.6 Å². The van der Waals surface area contributed by atoms with Crippen LogP contribution in [0.3, 0.4) is 0 Å². The van der Waals surface area contributed by atoms with Crippen LogP contribution in [0.4, 0.5) is 0 Å². The van der Waals surface area contributed by atoms with Crippen LogP contribution in [0.2, 0.25) is 10.0 Å². The third kappa shape index (κ3) is 4.42. The molecule has 0 aliphatic carbocycles. The van der Waals surface area contributed by atoms with Gasteiger partial charge in [0, 0.05) is 37.6 Å². The van der Waals surface area contributed by atoms with Crippen molar-refractivity contribution in [2.75, 3.05) is 6.54 Å². The number of hydrogen-bond acceptors (Lipinski definition) is 3. The number of ether oxygens (including phenoxy) is 1. The largest absolute Gasteiger partial charge is 0.489 e. The topological polar surface area (TPSA) is 68.2 Å². The zero-order chi connectivity index (χ0) is 21.1. The standard InChI is InChI=1S/C23H18Cl2N2O3/c24-17-8-5-16(22(25)11-17)14-30-18-9-6-15(7-10-18)21(13-27(28)29)20-12-26-23-4-2-1-3-19(20)23/h1-12,21,26H,13-14H2/t21-/m0/s1. The minimum atomic E-state index is -0.365. The molecule has 1 atom stereocenters. The van der Waals surface area contributed by atoms with Gasteiger partial charge in [-0.15, -0.1) is 0 Å². The Hall–Kier alpha value is -3.02. The first-order chi connectivity index (χ1) is 14.5. The average molecular weight is 441 g/mol. The van der Waals surface area contributed by atoms with Crippen LogP contribution >= 0.6 is 23.2 Å². The number of nitro groups is 1. The Labute approximate surface area is 183 Å². The molecule has 152 valence electrons. The number of nitrogens with one attached hydrogen (secondary N) is 1. The van der Waals surface area contributed by atoms with Gasteiger partial charge in [-0.3, -0.25) is 10.1 Å². The van der Waals surface area contributed by atoms with Crippen molar-refractivity contribution in [2.24, 2.45) is 0 Å². The van der Waals surface area contributed by atoms with Crippen LogP contribution in [0, 0.1) is 10.1 Å². The second kappa shape index (κ2) is 8.78. The first-order valence-electron chi connectivity index (χ1n) is 9.36. The Balaban J connectivity index is 1.56. The number of H-pyrrole nitrogens is 1. The van der Waals surface area contributed by atoms with Gasteiger partial charge in [-0.2, -0.15) is 0 Å². The van der Waals surface area contributed by atoms with E-state index in [4.69, 9.17) is 27.9 Å². The summed E-state index contributed by atoms with van der Waals surface area (Å²) in [5.41, 5.74) is 3.55. The maximum atomic E-state index is 11.3. The summed E-state index contributed by atoms with van der Waals surface area (Å²) < 4.78 is 5.82. The number of para-hydroxylation sites is 1. The van der Waals surface area contributed by atoms with Crippen molar-refractivity contribution in [3.05, 3.63) is 110 Å². The Morgan fingerprint density at radius 1 is 1.03 bits per heavy atom. The van der Waals surface area contributed by atoms with Gasteiger partial charge in [0.1, 0.15) is 12.4 Å². The summed E-state index contributed by atoms with van der Waals surface area (Å²) in [5, 5.41) is 13.5. The molecule has 4 aromatic rings. The molecular formula is C23H18Cl2N2O3. The molecule has 0 fully saturated rings. The molecule has 0 radical (unpaired) electrons. The van der Waals surface area contributed by atoms with Gasteiger partial charge in [0.2, 0.25) is 6.54 Å². The molecule has 3 aromatic carbocycles. The van der Waals surface area contributed by atoms with Crippen LogP contribution in [0.1, 0.15) is 22.6 Å². The smallest absolute Gasteiger partial charge is 0.214 e. The summed E-state index contributed by atoms with van der Waals surface area (Å²) in [6, 6.07) is 20.4. The van der Waals surface area contributed by atoms with E-state index in [0.717, 1.165) is 27.6 Å². The molecule has 0 spiro atoms. The van der Waals surface area contributed by atoms with Gasteiger partial charge in [0.15, 0.2) is 0 Å². The molecule has 5 nitrogen and oxygen atoms in total. The molecule has 30 heavy (non-hydrogen) atoms. The molecule has 0 bridgehead atoms. The van der Waals surface area contributed by atoms with Gasteiger partial charge in [-0.05, 0) is 41.5 Å². The highest BCUT2D eigenvalue weighted by Gasteiger charge is 2.23. The fraction of sp³-hybridized carbons (Fsp3) is 0.130. The molecule has 1 N–H and O–H groups in total. The van der Waals surface area contributed by atoms with Crippen LogP contribution < -0.4 is 4.74 Å².